The molecule has 0 heterocycles. The second-order valence-electron chi connectivity index (χ2n) is 8.87. The topological polar surface area (TPSA) is 0 Å². The van der Waals surface area contributed by atoms with Crippen LogP contribution in [0.25, 0.3) is 0 Å². The first-order valence-corrected chi connectivity index (χ1v) is 24.2. The van der Waals surface area contributed by atoms with Gasteiger partial charge in [-0.1, -0.05) is 0 Å². The van der Waals surface area contributed by atoms with E-state index in [1.54, 1.807) is 0 Å². The molecule has 2 aliphatic carbocycles. The molecular formula is C18H34Cl2Si3Zr. The third kappa shape index (κ3) is 5.53. The summed E-state index contributed by atoms with van der Waals surface area (Å²) in [5.41, 5.74) is -0.178. The smallest absolute Gasteiger partial charge is 0.147 e. The van der Waals surface area contributed by atoms with E-state index in [9.17, 15) is 0 Å². The fourth-order valence-corrected chi connectivity index (χ4v) is 32.5. The molecule has 0 radical (unpaired) electrons. The molecule has 0 amide bonds. The normalized spacial score (nSPS) is 17.2. The number of hydrogen-bond acceptors (Lipinski definition) is 0. The van der Waals surface area contributed by atoms with Crippen molar-refractivity contribution in [2.24, 2.45) is 0 Å². The third-order valence-electron chi connectivity index (χ3n) is 4.58. The van der Waals surface area contributed by atoms with E-state index in [0.29, 0.717) is 0 Å². The minimum atomic E-state index is -1.62. The average molecular weight is 497 g/mol. The maximum absolute atomic E-state index is 2.61. The molecule has 0 aliphatic heterocycles. The average Bonchev–Trinajstić information content (AvgIpc) is 2.95. The Balaban J connectivity index is 0.00000264. The maximum atomic E-state index is 2.61. The van der Waals surface area contributed by atoms with Crippen LogP contribution in [0.3, 0.4) is 0 Å². The Hall–Kier alpha value is 1.07. The standard InChI is InChI=1S/2C8H13Si.C2H6Si.2ClH.Zr/c2*1-9(2,3)8-6-4-5-7-8;1-3-2;;;/h2*4,6H,5H2,1-3H3;1-2H3;2*1H;. The van der Waals surface area contributed by atoms with Crippen LogP contribution < -0.4 is 0 Å². The minimum Gasteiger partial charge on any atom is -0.147 e. The molecule has 0 nitrogen and oxygen atoms in total. The van der Waals surface area contributed by atoms with Crippen molar-refractivity contribution < 1.29 is 20.4 Å². The van der Waals surface area contributed by atoms with E-state index in [1.165, 1.54) is 12.8 Å². The zero-order chi connectivity index (χ0) is 16.7. The Morgan fingerprint density at radius 1 is 0.750 bits per heavy atom. The fourth-order valence-electron chi connectivity index (χ4n) is 3.67. The summed E-state index contributed by atoms with van der Waals surface area (Å²) in [5, 5.41) is 3.67. The summed E-state index contributed by atoms with van der Waals surface area (Å²) in [6.07, 6.45) is 12.6. The van der Waals surface area contributed by atoms with Crippen molar-refractivity contribution in [3.8, 4) is 0 Å². The van der Waals surface area contributed by atoms with Gasteiger partial charge in [0.1, 0.15) is 0 Å². The largest absolute Gasteiger partial charge is 0.147 e. The van der Waals surface area contributed by atoms with Gasteiger partial charge in [0.2, 0.25) is 0 Å². The van der Waals surface area contributed by atoms with E-state index >= 15 is 0 Å². The molecule has 6 heteroatoms. The van der Waals surface area contributed by atoms with Crippen LogP contribution in [0.15, 0.2) is 41.3 Å². The molecule has 24 heavy (non-hydrogen) atoms. The van der Waals surface area contributed by atoms with Crippen molar-refractivity contribution in [3.05, 3.63) is 41.3 Å². The maximum Gasteiger partial charge on any atom is -0.147 e. The monoisotopic (exact) mass is 494 g/mol. The zero-order valence-corrected chi connectivity index (χ0v) is 23.6. The van der Waals surface area contributed by atoms with Gasteiger partial charge in [0.05, 0.1) is 0 Å². The van der Waals surface area contributed by atoms with E-state index in [0.717, 1.165) is 0 Å². The second kappa shape index (κ2) is 9.32. The van der Waals surface area contributed by atoms with Crippen LogP contribution >= 0.6 is 24.8 Å². The van der Waals surface area contributed by atoms with Gasteiger partial charge in [-0.2, -0.15) is 0 Å². The van der Waals surface area contributed by atoms with Gasteiger partial charge in [-0.25, -0.2) is 0 Å². The summed E-state index contributed by atoms with van der Waals surface area (Å²) in [6, 6.07) is 0. The summed E-state index contributed by atoms with van der Waals surface area (Å²) < 4.78 is 3.99. The van der Waals surface area contributed by atoms with Gasteiger partial charge < -0.3 is 0 Å². The van der Waals surface area contributed by atoms with Gasteiger partial charge in [0.15, 0.2) is 0 Å². The van der Waals surface area contributed by atoms with Gasteiger partial charge in [-0.3, -0.25) is 0 Å². The van der Waals surface area contributed by atoms with Gasteiger partial charge >= 0.3 is 148 Å². The molecule has 0 N–H and O–H groups in total. The molecule has 0 aromatic rings. The van der Waals surface area contributed by atoms with Crippen molar-refractivity contribution in [2.45, 2.75) is 65.2 Å². The molecule has 0 saturated carbocycles. The Morgan fingerprint density at radius 3 is 1.33 bits per heavy atom. The second-order valence-corrected chi connectivity index (χ2v) is 36.1. The van der Waals surface area contributed by atoms with Crippen LogP contribution in [0.2, 0.25) is 52.4 Å². The van der Waals surface area contributed by atoms with E-state index in [4.69, 9.17) is 0 Å². The molecule has 0 bridgehead atoms. The fraction of sp³-hybridized carbons (Fsp3) is 0.556. The number of halogens is 2. The van der Waals surface area contributed by atoms with Crippen LogP contribution in [-0.4, -0.2) is 21.6 Å². The van der Waals surface area contributed by atoms with Crippen molar-refractivity contribution in [1.29, 1.82) is 0 Å². The first kappa shape index (κ1) is 25.1. The zero-order valence-electron chi connectivity index (χ0n) is 16.5. The van der Waals surface area contributed by atoms with Crippen LogP contribution in [0.4, 0.5) is 0 Å². The van der Waals surface area contributed by atoms with Crippen molar-refractivity contribution in [2.75, 3.05) is 0 Å². The van der Waals surface area contributed by atoms with Gasteiger partial charge in [-0.05, 0) is 0 Å². The number of hydrogen-bond donors (Lipinski definition) is 0. The third-order valence-corrected chi connectivity index (χ3v) is 27.2. The summed E-state index contributed by atoms with van der Waals surface area (Å²) in [7, 11) is -2.38. The summed E-state index contributed by atoms with van der Waals surface area (Å²) in [5.74, 6) is 0. The predicted octanol–water partition coefficient (Wildman–Crippen LogP) is 6.88. The molecule has 0 unspecified atom stereocenters. The van der Waals surface area contributed by atoms with Crippen molar-refractivity contribution in [1.82, 2.24) is 0 Å². The molecule has 2 aliphatic rings. The van der Waals surface area contributed by atoms with Crippen LogP contribution in [0.1, 0.15) is 12.8 Å². The van der Waals surface area contributed by atoms with Gasteiger partial charge in [0, 0.05) is 0 Å². The Labute approximate surface area is 172 Å². The Morgan fingerprint density at radius 2 is 1.08 bits per heavy atom. The first-order chi connectivity index (χ1) is 10.0. The Bertz CT molecular complexity index is 588. The minimum absolute atomic E-state index is 0. The molecular weight excluding hydrogens is 463 g/mol. The van der Waals surface area contributed by atoms with Crippen molar-refractivity contribution >= 4 is 46.4 Å². The SMILES string of the molecule is C[Si](C)=[Zr]([C]1=C([Si](C)(C)C)C=CC1)[C]1=C([Si](C)(C)C)C=CC1.Cl.Cl. The summed E-state index contributed by atoms with van der Waals surface area (Å²) in [6.45, 7) is 20.5. The molecule has 2 rings (SSSR count). The quantitative estimate of drug-likeness (QED) is 0.372. The van der Waals surface area contributed by atoms with Crippen LogP contribution in [0.5, 0.6) is 0 Å². The van der Waals surface area contributed by atoms with Crippen LogP contribution in [0, 0.1) is 0 Å². The summed E-state index contributed by atoms with van der Waals surface area (Å²) in [4.78, 5) is 0. The van der Waals surface area contributed by atoms with Crippen molar-refractivity contribution in [3.63, 3.8) is 0 Å². The van der Waals surface area contributed by atoms with Gasteiger partial charge in [-0.15, -0.1) is 24.8 Å². The Kier molecular flexibility index (Phi) is 9.74. The number of allylic oxidation sites excluding steroid dienone is 8. The van der Waals surface area contributed by atoms with E-state index in [1.807, 2.05) is 17.0 Å². The van der Waals surface area contributed by atoms with Crippen LogP contribution in [-0.2, 0) is 20.4 Å². The number of rotatable bonds is 4. The first-order valence-electron chi connectivity index (χ1n) is 8.52. The molecule has 0 aromatic carbocycles. The van der Waals surface area contributed by atoms with E-state index in [-0.39, 0.29) is 30.2 Å². The van der Waals surface area contributed by atoms with Gasteiger partial charge in [0.25, 0.3) is 0 Å². The predicted molar refractivity (Wildman–Crippen MR) is 120 cm³/mol. The molecule has 0 fully saturated rings. The molecule has 0 spiro atoms. The molecule has 0 atom stereocenters. The molecule has 0 saturated heterocycles. The van der Waals surface area contributed by atoms with E-state index in [2.05, 4.69) is 76.7 Å². The molecule has 136 valence electrons. The molecule has 0 aromatic heterocycles. The summed E-state index contributed by atoms with van der Waals surface area (Å²) >= 11 is -1.62. The van der Waals surface area contributed by atoms with E-state index < -0.39 is 36.5 Å².